The van der Waals surface area contributed by atoms with Gasteiger partial charge in [-0.15, -0.1) is 0 Å². The highest BCUT2D eigenvalue weighted by molar-refractivity contribution is 5.88. The lowest BCUT2D eigenvalue weighted by molar-refractivity contribution is -0.305. The zero-order valence-electron chi connectivity index (χ0n) is 17.4. The van der Waals surface area contributed by atoms with Crippen molar-refractivity contribution in [2.24, 2.45) is 0 Å². The normalized spacial score (nSPS) is 27.4. The van der Waals surface area contributed by atoms with Crippen molar-refractivity contribution in [2.45, 2.75) is 56.7 Å². The summed E-state index contributed by atoms with van der Waals surface area (Å²) in [5.41, 5.74) is 0. The topological polar surface area (TPSA) is 138 Å². The highest BCUT2D eigenvalue weighted by atomic mass is 16.7. The van der Waals surface area contributed by atoms with Gasteiger partial charge in [0.25, 0.3) is 0 Å². The van der Waals surface area contributed by atoms with E-state index in [1.165, 1.54) is 0 Å². The number of aliphatic carboxylic acids is 1. The lowest BCUT2D eigenvalue weighted by atomic mass is 9.99. The van der Waals surface area contributed by atoms with Gasteiger partial charge in [-0.05, 0) is 11.5 Å². The van der Waals surface area contributed by atoms with Gasteiger partial charge in [0.2, 0.25) is 0 Å². The number of carbonyl (C=O) groups is 1. The average molecular weight is 435 g/mol. The zero-order chi connectivity index (χ0) is 22.5. The molecule has 31 heavy (non-hydrogen) atoms. The van der Waals surface area contributed by atoms with E-state index in [2.05, 4.69) is 5.32 Å². The SMILES string of the molecule is CC(C)NCC(COc1cccc2ccccc12)O[C@@H]1OC(C(=O)O)[C@@H](O)C(O)C1O. The van der Waals surface area contributed by atoms with Crippen molar-refractivity contribution in [2.75, 3.05) is 13.2 Å². The Morgan fingerprint density at radius 1 is 1.06 bits per heavy atom. The molecular formula is C22H29NO8. The molecule has 5 N–H and O–H groups in total. The summed E-state index contributed by atoms with van der Waals surface area (Å²) in [7, 11) is 0. The van der Waals surface area contributed by atoms with Crippen LogP contribution in [0.25, 0.3) is 10.8 Å². The summed E-state index contributed by atoms with van der Waals surface area (Å²) in [5, 5.41) is 44.5. The number of nitrogens with one attached hydrogen (secondary N) is 1. The number of benzene rings is 2. The highest BCUT2D eigenvalue weighted by Gasteiger charge is 2.48. The number of aliphatic hydroxyl groups excluding tert-OH is 3. The summed E-state index contributed by atoms with van der Waals surface area (Å²) in [5.74, 6) is -0.809. The smallest absolute Gasteiger partial charge is 0.335 e. The Morgan fingerprint density at radius 3 is 2.48 bits per heavy atom. The third kappa shape index (κ3) is 5.70. The fourth-order valence-corrected chi connectivity index (χ4v) is 3.37. The minimum Gasteiger partial charge on any atom is -0.490 e. The number of rotatable bonds is 9. The minimum absolute atomic E-state index is 0.0801. The van der Waals surface area contributed by atoms with Crippen molar-refractivity contribution in [1.82, 2.24) is 5.32 Å². The fraction of sp³-hybridized carbons (Fsp3) is 0.500. The first-order chi connectivity index (χ1) is 14.8. The van der Waals surface area contributed by atoms with Crippen LogP contribution < -0.4 is 10.1 Å². The van der Waals surface area contributed by atoms with Crippen molar-refractivity contribution in [1.29, 1.82) is 0 Å². The molecule has 1 heterocycles. The van der Waals surface area contributed by atoms with E-state index in [-0.39, 0.29) is 12.6 Å². The lowest BCUT2D eigenvalue weighted by Crippen LogP contribution is -2.61. The van der Waals surface area contributed by atoms with E-state index in [0.717, 1.165) is 10.8 Å². The van der Waals surface area contributed by atoms with Gasteiger partial charge in [0.1, 0.15) is 36.8 Å². The molecule has 1 aliphatic rings. The van der Waals surface area contributed by atoms with Crippen LogP contribution in [0, 0.1) is 0 Å². The Balaban J connectivity index is 1.73. The van der Waals surface area contributed by atoms with Crippen LogP contribution in [-0.2, 0) is 14.3 Å². The van der Waals surface area contributed by atoms with Crippen LogP contribution in [0.15, 0.2) is 42.5 Å². The van der Waals surface area contributed by atoms with Crippen molar-refractivity contribution in [3.63, 3.8) is 0 Å². The second-order valence-electron chi connectivity index (χ2n) is 7.84. The molecule has 0 bridgehead atoms. The lowest BCUT2D eigenvalue weighted by Gasteiger charge is -2.39. The van der Waals surface area contributed by atoms with Gasteiger partial charge < -0.3 is 40.0 Å². The molecule has 9 heteroatoms. The van der Waals surface area contributed by atoms with Gasteiger partial charge in [-0.3, -0.25) is 0 Å². The Morgan fingerprint density at radius 2 is 1.77 bits per heavy atom. The fourth-order valence-electron chi connectivity index (χ4n) is 3.37. The van der Waals surface area contributed by atoms with Gasteiger partial charge >= 0.3 is 5.97 Å². The molecule has 6 atom stereocenters. The maximum atomic E-state index is 11.3. The van der Waals surface area contributed by atoms with Crippen LogP contribution in [0.2, 0.25) is 0 Å². The molecule has 9 nitrogen and oxygen atoms in total. The molecule has 2 aromatic rings. The monoisotopic (exact) mass is 435 g/mol. The molecule has 0 aromatic heterocycles. The molecule has 1 fully saturated rings. The van der Waals surface area contributed by atoms with Crippen molar-refractivity contribution < 1.29 is 39.4 Å². The van der Waals surface area contributed by atoms with Crippen LogP contribution >= 0.6 is 0 Å². The molecule has 4 unspecified atom stereocenters. The molecule has 1 saturated heterocycles. The first kappa shape index (κ1) is 23.4. The molecule has 1 aliphatic heterocycles. The van der Waals surface area contributed by atoms with Crippen LogP contribution in [0.1, 0.15) is 13.8 Å². The molecule has 170 valence electrons. The van der Waals surface area contributed by atoms with Gasteiger partial charge in [0, 0.05) is 18.0 Å². The number of carboxylic acid groups (broad SMARTS) is 1. The molecule has 2 aromatic carbocycles. The van der Waals surface area contributed by atoms with E-state index in [0.29, 0.717) is 12.3 Å². The predicted octanol–water partition coefficient (Wildman–Crippen LogP) is 0.494. The van der Waals surface area contributed by atoms with E-state index in [1.54, 1.807) is 0 Å². The molecule has 0 spiro atoms. The quantitative estimate of drug-likeness (QED) is 0.381. The molecule has 0 aliphatic carbocycles. The molecule has 0 radical (unpaired) electrons. The first-order valence-corrected chi connectivity index (χ1v) is 10.2. The second-order valence-corrected chi connectivity index (χ2v) is 7.84. The van der Waals surface area contributed by atoms with Gasteiger partial charge in [-0.2, -0.15) is 0 Å². The number of fused-ring (bicyclic) bond motifs is 1. The summed E-state index contributed by atoms with van der Waals surface area (Å²) >= 11 is 0. The maximum absolute atomic E-state index is 11.3. The van der Waals surface area contributed by atoms with Gasteiger partial charge in [0.05, 0.1) is 0 Å². The number of hydrogen-bond acceptors (Lipinski definition) is 8. The average Bonchev–Trinajstić information content (AvgIpc) is 2.75. The zero-order valence-corrected chi connectivity index (χ0v) is 17.4. The Bertz CT molecular complexity index is 870. The Hall–Kier alpha value is -2.27. The third-order valence-electron chi connectivity index (χ3n) is 5.07. The van der Waals surface area contributed by atoms with Crippen LogP contribution in [0.3, 0.4) is 0 Å². The van der Waals surface area contributed by atoms with Crippen LogP contribution in [0.5, 0.6) is 5.75 Å². The Labute approximate surface area is 180 Å². The molecular weight excluding hydrogens is 406 g/mol. The van der Waals surface area contributed by atoms with Crippen molar-refractivity contribution in [3.8, 4) is 5.75 Å². The summed E-state index contributed by atoms with van der Waals surface area (Å²) in [6.07, 6.45) is -8.93. The van der Waals surface area contributed by atoms with E-state index in [4.69, 9.17) is 14.2 Å². The maximum Gasteiger partial charge on any atom is 0.335 e. The largest absolute Gasteiger partial charge is 0.490 e. The summed E-state index contributed by atoms with van der Waals surface area (Å²) in [6, 6.07) is 13.6. The number of ether oxygens (including phenoxy) is 3. The van der Waals surface area contributed by atoms with Gasteiger partial charge in [-0.1, -0.05) is 50.2 Å². The minimum atomic E-state index is -1.77. The first-order valence-electron chi connectivity index (χ1n) is 10.2. The van der Waals surface area contributed by atoms with Gasteiger partial charge in [0.15, 0.2) is 12.4 Å². The molecule has 3 rings (SSSR count). The third-order valence-corrected chi connectivity index (χ3v) is 5.07. The van der Waals surface area contributed by atoms with E-state index in [1.807, 2.05) is 56.3 Å². The van der Waals surface area contributed by atoms with E-state index >= 15 is 0 Å². The van der Waals surface area contributed by atoms with Crippen molar-refractivity contribution in [3.05, 3.63) is 42.5 Å². The van der Waals surface area contributed by atoms with E-state index < -0.39 is 42.8 Å². The second kappa shape index (κ2) is 10.4. The van der Waals surface area contributed by atoms with Crippen molar-refractivity contribution >= 4 is 16.7 Å². The predicted molar refractivity (Wildman–Crippen MR) is 112 cm³/mol. The standard InChI is InChI=1S/C22H29NO8/c1-12(2)23-10-14(11-29-16-9-5-7-13-6-3-4-8-15(13)16)30-22-19(26)17(24)18(25)20(31-22)21(27)28/h3-9,12,14,17-20,22-26H,10-11H2,1-2H3,(H,27,28)/t14?,17?,18-,19?,20?,22+/m0/s1. The number of aliphatic hydroxyl groups is 3. The molecule has 0 saturated carbocycles. The molecule has 0 amide bonds. The summed E-state index contributed by atoms with van der Waals surface area (Å²) in [4.78, 5) is 11.3. The summed E-state index contributed by atoms with van der Waals surface area (Å²) < 4.78 is 17.0. The number of carboxylic acids is 1. The van der Waals surface area contributed by atoms with Gasteiger partial charge in [-0.25, -0.2) is 4.79 Å². The van der Waals surface area contributed by atoms with Crippen LogP contribution in [-0.4, -0.2) is 82.4 Å². The highest BCUT2D eigenvalue weighted by Crippen LogP contribution is 2.26. The van der Waals surface area contributed by atoms with Crippen LogP contribution in [0.4, 0.5) is 0 Å². The Kier molecular flexibility index (Phi) is 7.82. The summed E-state index contributed by atoms with van der Waals surface area (Å²) in [6.45, 7) is 4.31. The van der Waals surface area contributed by atoms with E-state index in [9.17, 15) is 25.2 Å². The number of hydrogen-bond donors (Lipinski definition) is 5.